The van der Waals surface area contributed by atoms with Gasteiger partial charge in [-0.15, -0.1) is 0 Å². The first-order valence-corrected chi connectivity index (χ1v) is 10.3. The quantitative estimate of drug-likeness (QED) is 0.674. The number of aliphatic hydroxyl groups is 1. The van der Waals surface area contributed by atoms with Crippen molar-refractivity contribution in [2.24, 2.45) is 0 Å². The number of fused-ring (bicyclic) bond motifs is 3. The van der Waals surface area contributed by atoms with Gasteiger partial charge in [-0.2, -0.15) is 0 Å². The summed E-state index contributed by atoms with van der Waals surface area (Å²) < 4.78 is 22.9. The van der Waals surface area contributed by atoms with Crippen molar-refractivity contribution >= 4 is 27.4 Å². The zero-order chi connectivity index (χ0) is 22.0. The van der Waals surface area contributed by atoms with Crippen LogP contribution in [0.2, 0.25) is 0 Å². The molecule has 0 unspecified atom stereocenters. The van der Waals surface area contributed by atoms with Gasteiger partial charge >= 0.3 is 0 Å². The summed E-state index contributed by atoms with van der Waals surface area (Å²) in [6.07, 6.45) is 3.93. The molecule has 0 bridgehead atoms. The van der Waals surface area contributed by atoms with Gasteiger partial charge in [-0.1, -0.05) is 0 Å². The van der Waals surface area contributed by atoms with Gasteiger partial charge in [0.1, 0.15) is 11.9 Å². The van der Waals surface area contributed by atoms with Crippen molar-refractivity contribution in [1.82, 2.24) is 5.32 Å². The van der Waals surface area contributed by atoms with E-state index in [2.05, 4.69) is 21.2 Å². The summed E-state index contributed by atoms with van der Waals surface area (Å²) >= 11 is 3.53. The van der Waals surface area contributed by atoms with E-state index in [4.69, 9.17) is 18.9 Å². The molecule has 2 aliphatic rings. The second-order valence-electron chi connectivity index (χ2n) is 7.01. The third kappa shape index (κ3) is 3.94. The average molecular weight is 480 g/mol. The number of methoxy groups -OCH3 is 4. The van der Waals surface area contributed by atoms with Gasteiger partial charge in [0.05, 0.1) is 39.0 Å². The fourth-order valence-electron chi connectivity index (χ4n) is 4.05. The Bertz CT molecular complexity index is 949. The smallest absolute Gasteiger partial charge is 0.217 e. The van der Waals surface area contributed by atoms with Crippen LogP contribution in [0, 0.1) is 0 Å². The minimum atomic E-state index is -0.975. The van der Waals surface area contributed by atoms with Crippen LogP contribution in [-0.4, -0.2) is 51.6 Å². The minimum Gasteiger partial charge on any atom is -0.497 e. The number of ether oxygens (including phenoxy) is 4. The standard InChI is InChI=1S/C22H26BrNO6/c1-11(25)24-16-7-6-12-8-18(27-2)21(29-4)22(30-5)19(12)14-9-15(23)20(28-3)17(26)10-13(14)16/h8-10,16-17,26H,6-7H2,1-5H3,(H,24,25)/t16-,17-/m0/s1. The van der Waals surface area contributed by atoms with Crippen LogP contribution in [0.25, 0.3) is 5.57 Å². The largest absolute Gasteiger partial charge is 0.497 e. The zero-order valence-electron chi connectivity index (χ0n) is 17.7. The number of allylic oxidation sites excluding steroid dienone is 2. The Morgan fingerprint density at radius 3 is 2.40 bits per heavy atom. The van der Waals surface area contributed by atoms with E-state index < -0.39 is 6.10 Å². The summed E-state index contributed by atoms with van der Waals surface area (Å²) in [6.45, 7) is 1.48. The second-order valence-corrected chi connectivity index (χ2v) is 7.87. The molecule has 2 N–H and O–H groups in total. The Hall–Kier alpha value is -2.45. The van der Waals surface area contributed by atoms with Crippen molar-refractivity contribution in [3.8, 4) is 17.2 Å². The van der Waals surface area contributed by atoms with Crippen LogP contribution in [0.1, 0.15) is 24.5 Å². The first kappa shape index (κ1) is 22.2. The molecular formula is C22H26BrNO6. The van der Waals surface area contributed by atoms with Crippen LogP contribution >= 0.6 is 15.9 Å². The van der Waals surface area contributed by atoms with E-state index in [0.717, 1.165) is 22.3 Å². The molecule has 7 nitrogen and oxygen atoms in total. The van der Waals surface area contributed by atoms with Crippen LogP contribution < -0.4 is 19.5 Å². The highest BCUT2D eigenvalue weighted by Crippen LogP contribution is 2.50. The Balaban J connectivity index is 2.36. The van der Waals surface area contributed by atoms with Crippen molar-refractivity contribution in [2.75, 3.05) is 28.4 Å². The van der Waals surface area contributed by atoms with Gasteiger partial charge in [-0.05, 0) is 63.7 Å². The number of hydrogen-bond acceptors (Lipinski definition) is 6. The number of amides is 1. The minimum absolute atomic E-state index is 0.147. The molecule has 3 rings (SSSR count). The van der Waals surface area contributed by atoms with Gasteiger partial charge in [0, 0.05) is 12.5 Å². The number of benzene rings is 1. The van der Waals surface area contributed by atoms with Crippen molar-refractivity contribution in [2.45, 2.75) is 31.9 Å². The molecule has 0 saturated carbocycles. The Kier molecular flexibility index (Phi) is 6.77. The normalized spacial score (nSPS) is 20.6. The van der Waals surface area contributed by atoms with E-state index in [-0.39, 0.29) is 11.9 Å². The Morgan fingerprint density at radius 2 is 1.83 bits per heavy atom. The topological polar surface area (TPSA) is 86.3 Å². The molecule has 1 aromatic carbocycles. The lowest BCUT2D eigenvalue weighted by molar-refractivity contribution is -0.119. The number of carbonyl (C=O) groups excluding carboxylic acids is 1. The molecule has 0 fully saturated rings. The summed E-state index contributed by atoms with van der Waals surface area (Å²) in [7, 11) is 6.22. The summed E-state index contributed by atoms with van der Waals surface area (Å²) in [5, 5.41) is 13.8. The first-order valence-electron chi connectivity index (χ1n) is 9.51. The highest BCUT2D eigenvalue weighted by Gasteiger charge is 2.33. The van der Waals surface area contributed by atoms with Gasteiger partial charge in [0.25, 0.3) is 0 Å². The van der Waals surface area contributed by atoms with Crippen LogP contribution in [0.3, 0.4) is 0 Å². The third-order valence-electron chi connectivity index (χ3n) is 5.28. The predicted octanol–water partition coefficient (Wildman–Crippen LogP) is 3.10. The Labute approximate surface area is 184 Å². The maximum atomic E-state index is 11.9. The SMILES string of the molecule is COC1=C(Br)C=C2C(=C[C@@H]1O)[C@@H](NC(C)=O)CCc1cc(OC)c(OC)c(OC)c12. The maximum Gasteiger partial charge on any atom is 0.217 e. The van der Waals surface area contributed by atoms with Gasteiger partial charge < -0.3 is 29.4 Å². The molecule has 162 valence electrons. The highest BCUT2D eigenvalue weighted by molar-refractivity contribution is 9.11. The van der Waals surface area contributed by atoms with Crippen LogP contribution in [0.5, 0.6) is 17.2 Å². The average Bonchev–Trinajstić information content (AvgIpc) is 2.92. The molecule has 0 aliphatic heterocycles. The monoisotopic (exact) mass is 479 g/mol. The molecule has 1 aromatic rings. The third-order valence-corrected chi connectivity index (χ3v) is 5.90. The van der Waals surface area contributed by atoms with E-state index in [1.54, 1.807) is 27.4 Å². The molecule has 0 radical (unpaired) electrons. The van der Waals surface area contributed by atoms with Crippen molar-refractivity contribution in [3.63, 3.8) is 0 Å². The fraction of sp³-hybridized carbons (Fsp3) is 0.409. The van der Waals surface area contributed by atoms with Gasteiger partial charge in [0.15, 0.2) is 11.5 Å². The van der Waals surface area contributed by atoms with Gasteiger partial charge in [0.2, 0.25) is 11.7 Å². The molecule has 1 amide bonds. The molecule has 0 heterocycles. The second kappa shape index (κ2) is 9.14. The van der Waals surface area contributed by atoms with Crippen LogP contribution in [0.4, 0.5) is 0 Å². The van der Waals surface area contributed by atoms with Crippen molar-refractivity contribution < 1.29 is 28.8 Å². The number of nitrogens with one attached hydrogen (secondary N) is 1. The lowest BCUT2D eigenvalue weighted by Crippen LogP contribution is -2.35. The number of hydrogen-bond donors (Lipinski definition) is 2. The molecule has 2 aliphatic carbocycles. The molecule has 0 spiro atoms. The maximum absolute atomic E-state index is 11.9. The number of carbonyl (C=O) groups is 1. The number of rotatable bonds is 5. The summed E-state index contributed by atoms with van der Waals surface area (Å²) in [5.41, 5.74) is 3.41. The van der Waals surface area contributed by atoms with Gasteiger partial charge in [-0.3, -0.25) is 4.79 Å². The molecule has 0 aromatic heterocycles. The Morgan fingerprint density at radius 1 is 1.13 bits per heavy atom. The van der Waals surface area contributed by atoms with Crippen LogP contribution in [-0.2, 0) is 16.0 Å². The highest BCUT2D eigenvalue weighted by atomic mass is 79.9. The molecule has 8 heteroatoms. The van der Waals surface area contributed by atoms with E-state index in [1.165, 1.54) is 14.0 Å². The summed E-state index contributed by atoms with van der Waals surface area (Å²) in [6, 6.07) is 1.63. The number of aryl methyl sites for hydroxylation is 1. The van der Waals surface area contributed by atoms with E-state index in [9.17, 15) is 9.90 Å². The van der Waals surface area contributed by atoms with Crippen LogP contribution in [0.15, 0.2) is 34.0 Å². The lowest BCUT2D eigenvalue weighted by atomic mass is 9.91. The van der Waals surface area contributed by atoms with E-state index in [0.29, 0.717) is 40.3 Å². The number of halogens is 1. The van der Waals surface area contributed by atoms with Crippen molar-refractivity contribution in [1.29, 1.82) is 0 Å². The predicted molar refractivity (Wildman–Crippen MR) is 117 cm³/mol. The fourth-order valence-corrected chi connectivity index (χ4v) is 4.67. The van der Waals surface area contributed by atoms with E-state index >= 15 is 0 Å². The summed E-state index contributed by atoms with van der Waals surface area (Å²) in [4.78, 5) is 11.9. The summed E-state index contributed by atoms with van der Waals surface area (Å²) in [5.74, 6) is 1.81. The molecular weight excluding hydrogens is 454 g/mol. The van der Waals surface area contributed by atoms with E-state index in [1.807, 2.05) is 12.1 Å². The molecule has 30 heavy (non-hydrogen) atoms. The zero-order valence-corrected chi connectivity index (χ0v) is 19.3. The number of aliphatic hydroxyl groups excluding tert-OH is 1. The molecule has 2 atom stereocenters. The lowest BCUT2D eigenvalue weighted by Gasteiger charge is -2.23. The van der Waals surface area contributed by atoms with Crippen molar-refractivity contribution in [3.05, 3.63) is 45.2 Å². The molecule has 0 saturated heterocycles. The first-order chi connectivity index (χ1) is 14.4. The van der Waals surface area contributed by atoms with Gasteiger partial charge in [-0.25, -0.2) is 0 Å².